The maximum absolute atomic E-state index is 12.8. The van der Waals surface area contributed by atoms with Crippen LogP contribution in [0.4, 0.5) is 0 Å². The number of hydrogen-bond acceptors (Lipinski definition) is 6. The van der Waals surface area contributed by atoms with Gasteiger partial charge >= 0.3 is 0 Å². The third-order valence-corrected chi connectivity index (χ3v) is 4.50. The van der Waals surface area contributed by atoms with Gasteiger partial charge in [-0.25, -0.2) is 0 Å². The predicted molar refractivity (Wildman–Crippen MR) is 108 cm³/mol. The Labute approximate surface area is 162 Å². The van der Waals surface area contributed by atoms with Gasteiger partial charge < -0.3 is 23.7 Å². The van der Waals surface area contributed by atoms with Crippen LogP contribution in [0, 0.1) is 0 Å². The van der Waals surface area contributed by atoms with Crippen LogP contribution >= 0.6 is 0 Å². The van der Waals surface area contributed by atoms with E-state index in [9.17, 15) is 9.90 Å². The van der Waals surface area contributed by atoms with E-state index in [1.54, 1.807) is 24.3 Å². The SMILES string of the molecule is C/C=C/Cc1cccc2c(=O)c(O)c(-c3cc(OC)c(OC)cc3OC)oc12. The molecule has 1 N–H and O–H groups in total. The number of benzene rings is 2. The Bertz CT molecular complexity index is 1090. The van der Waals surface area contributed by atoms with Crippen molar-refractivity contribution in [3.05, 3.63) is 58.3 Å². The van der Waals surface area contributed by atoms with Crippen LogP contribution in [0.1, 0.15) is 12.5 Å². The van der Waals surface area contributed by atoms with Gasteiger partial charge in [0.25, 0.3) is 0 Å². The Kier molecular flexibility index (Phi) is 5.59. The van der Waals surface area contributed by atoms with Crippen molar-refractivity contribution in [1.29, 1.82) is 0 Å². The zero-order valence-corrected chi connectivity index (χ0v) is 16.2. The molecule has 0 aliphatic heterocycles. The predicted octanol–water partition coefficient (Wildman–Crippen LogP) is 4.31. The van der Waals surface area contributed by atoms with Gasteiger partial charge in [-0.1, -0.05) is 24.3 Å². The first-order valence-electron chi connectivity index (χ1n) is 8.74. The number of aromatic hydroxyl groups is 1. The monoisotopic (exact) mass is 382 g/mol. The first kappa shape index (κ1) is 19.4. The van der Waals surface area contributed by atoms with Gasteiger partial charge in [-0.05, 0) is 31.0 Å². The summed E-state index contributed by atoms with van der Waals surface area (Å²) in [5.74, 6) is 0.785. The molecule has 2 aromatic carbocycles. The van der Waals surface area contributed by atoms with E-state index in [-0.39, 0.29) is 5.76 Å². The lowest BCUT2D eigenvalue weighted by Gasteiger charge is -2.15. The zero-order chi connectivity index (χ0) is 20.3. The topological polar surface area (TPSA) is 78.1 Å². The molecule has 0 spiro atoms. The summed E-state index contributed by atoms with van der Waals surface area (Å²) in [7, 11) is 4.50. The second-order valence-electron chi connectivity index (χ2n) is 6.08. The molecule has 0 radical (unpaired) electrons. The molecule has 1 heterocycles. The second-order valence-corrected chi connectivity index (χ2v) is 6.08. The van der Waals surface area contributed by atoms with E-state index in [1.807, 2.05) is 25.1 Å². The highest BCUT2D eigenvalue weighted by molar-refractivity contribution is 5.86. The van der Waals surface area contributed by atoms with Crippen LogP contribution in [0.2, 0.25) is 0 Å². The van der Waals surface area contributed by atoms with E-state index in [2.05, 4.69) is 0 Å². The molecular formula is C22H22O6. The smallest absolute Gasteiger partial charge is 0.235 e. The third kappa shape index (κ3) is 3.29. The van der Waals surface area contributed by atoms with Gasteiger partial charge in [0, 0.05) is 6.07 Å². The third-order valence-electron chi connectivity index (χ3n) is 4.50. The molecule has 0 aliphatic rings. The summed E-state index contributed by atoms with van der Waals surface area (Å²) in [5, 5.41) is 10.9. The molecule has 6 nitrogen and oxygen atoms in total. The number of para-hydroxylation sites is 1. The van der Waals surface area contributed by atoms with Crippen molar-refractivity contribution in [3.8, 4) is 34.3 Å². The molecule has 0 atom stereocenters. The molecular weight excluding hydrogens is 360 g/mol. The number of rotatable bonds is 6. The van der Waals surface area contributed by atoms with E-state index < -0.39 is 11.2 Å². The van der Waals surface area contributed by atoms with Crippen molar-refractivity contribution in [2.24, 2.45) is 0 Å². The summed E-state index contributed by atoms with van der Waals surface area (Å²) in [6, 6.07) is 8.52. The molecule has 146 valence electrons. The maximum atomic E-state index is 12.8. The van der Waals surface area contributed by atoms with Crippen molar-refractivity contribution in [2.75, 3.05) is 21.3 Å². The summed E-state index contributed by atoms with van der Waals surface area (Å²) >= 11 is 0. The Hall–Kier alpha value is -3.41. The number of ether oxygens (including phenoxy) is 3. The summed E-state index contributed by atoms with van der Waals surface area (Å²) in [6.45, 7) is 1.92. The molecule has 6 heteroatoms. The lowest BCUT2D eigenvalue weighted by atomic mass is 10.0. The minimum Gasteiger partial charge on any atom is -0.502 e. The summed E-state index contributed by atoms with van der Waals surface area (Å²) < 4.78 is 22.1. The molecule has 1 aromatic heterocycles. The molecule has 0 amide bonds. The zero-order valence-electron chi connectivity index (χ0n) is 16.2. The lowest BCUT2D eigenvalue weighted by molar-refractivity contribution is 0.349. The fraction of sp³-hybridized carbons (Fsp3) is 0.227. The number of methoxy groups -OCH3 is 3. The normalized spacial score (nSPS) is 11.1. The molecule has 28 heavy (non-hydrogen) atoms. The molecule has 0 saturated carbocycles. The standard InChI is InChI=1S/C22H22O6/c1-5-6-8-13-9-7-10-14-19(23)20(24)22(28-21(13)14)15-11-17(26-3)18(27-4)12-16(15)25-2/h5-7,9-12,24H,8H2,1-4H3/b6-5+. The molecule has 0 fully saturated rings. The molecule has 0 aliphatic carbocycles. The largest absolute Gasteiger partial charge is 0.502 e. The minimum absolute atomic E-state index is 0.0169. The van der Waals surface area contributed by atoms with Crippen molar-refractivity contribution in [2.45, 2.75) is 13.3 Å². The van der Waals surface area contributed by atoms with Crippen molar-refractivity contribution >= 4 is 11.0 Å². The fourth-order valence-corrected chi connectivity index (χ4v) is 3.06. The Balaban J connectivity index is 2.35. The van der Waals surface area contributed by atoms with Crippen LogP contribution in [-0.2, 0) is 6.42 Å². The highest BCUT2D eigenvalue weighted by atomic mass is 16.5. The highest BCUT2D eigenvalue weighted by Gasteiger charge is 2.22. The molecule has 0 saturated heterocycles. The average Bonchev–Trinajstić information content (AvgIpc) is 2.73. The Morgan fingerprint density at radius 2 is 1.71 bits per heavy atom. The molecule has 0 unspecified atom stereocenters. The number of hydrogen-bond donors (Lipinski definition) is 1. The number of allylic oxidation sites excluding steroid dienone is 2. The van der Waals surface area contributed by atoms with Crippen LogP contribution in [-0.4, -0.2) is 26.4 Å². The summed E-state index contributed by atoms with van der Waals surface area (Å²) in [5.41, 5.74) is 1.15. The second kappa shape index (κ2) is 8.08. The van der Waals surface area contributed by atoms with Crippen molar-refractivity contribution < 1.29 is 23.7 Å². The van der Waals surface area contributed by atoms with Gasteiger partial charge in [-0.15, -0.1) is 0 Å². The van der Waals surface area contributed by atoms with Crippen LogP contribution in [0.15, 0.2) is 51.7 Å². The fourth-order valence-electron chi connectivity index (χ4n) is 3.06. The summed E-state index contributed by atoms with van der Waals surface area (Å²) in [6.07, 6.45) is 4.50. The van der Waals surface area contributed by atoms with E-state index in [0.717, 1.165) is 5.56 Å². The summed E-state index contributed by atoms with van der Waals surface area (Å²) in [4.78, 5) is 12.8. The Morgan fingerprint density at radius 3 is 2.36 bits per heavy atom. The van der Waals surface area contributed by atoms with Crippen molar-refractivity contribution in [1.82, 2.24) is 0 Å². The first-order chi connectivity index (χ1) is 13.5. The van der Waals surface area contributed by atoms with Gasteiger partial charge in [0.2, 0.25) is 11.2 Å². The number of fused-ring (bicyclic) bond motifs is 1. The van der Waals surface area contributed by atoms with E-state index >= 15 is 0 Å². The van der Waals surface area contributed by atoms with Gasteiger partial charge in [-0.3, -0.25) is 4.79 Å². The average molecular weight is 382 g/mol. The van der Waals surface area contributed by atoms with Crippen LogP contribution in [0.5, 0.6) is 23.0 Å². The van der Waals surface area contributed by atoms with Gasteiger partial charge in [-0.2, -0.15) is 0 Å². The lowest BCUT2D eigenvalue weighted by Crippen LogP contribution is -2.05. The highest BCUT2D eigenvalue weighted by Crippen LogP contribution is 2.43. The Morgan fingerprint density at radius 1 is 1.04 bits per heavy atom. The van der Waals surface area contributed by atoms with Gasteiger partial charge in [0.1, 0.15) is 11.3 Å². The molecule has 0 bridgehead atoms. The van der Waals surface area contributed by atoms with Crippen LogP contribution in [0.3, 0.4) is 0 Å². The van der Waals surface area contributed by atoms with E-state index in [1.165, 1.54) is 21.3 Å². The maximum Gasteiger partial charge on any atom is 0.235 e. The van der Waals surface area contributed by atoms with Crippen LogP contribution < -0.4 is 19.6 Å². The van der Waals surface area contributed by atoms with E-state index in [4.69, 9.17) is 18.6 Å². The van der Waals surface area contributed by atoms with Crippen LogP contribution in [0.25, 0.3) is 22.3 Å². The van der Waals surface area contributed by atoms with Gasteiger partial charge in [0.05, 0.1) is 32.3 Å². The van der Waals surface area contributed by atoms with Crippen molar-refractivity contribution in [3.63, 3.8) is 0 Å². The van der Waals surface area contributed by atoms with Gasteiger partial charge in [0.15, 0.2) is 17.3 Å². The molecule has 3 rings (SSSR count). The first-order valence-corrected chi connectivity index (χ1v) is 8.74. The van der Waals surface area contributed by atoms with E-state index in [0.29, 0.717) is 40.2 Å². The minimum atomic E-state index is -0.504. The quantitative estimate of drug-likeness (QED) is 0.640. The molecule has 3 aromatic rings.